The van der Waals surface area contributed by atoms with Gasteiger partial charge in [0, 0.05) is 35.0 Å². The van der Waals surface area contributed by atoms with Crippen molar-refractivity contribution >= 4 is 29.1 Å². The zero-order valence-electron chi connectivity index (χ0n) is 24.1. The number of rotatable bonds is 6. The minimum absolute atomic E-state index is 0.0541. The van der Waals surface area contributed by atoms with Gasteiger partial charge in [-0.2, -0.15) is 0 Å². The molecule has 2 atom stereocenters. The minimum Gasteiger partial charge on any atom is -0.348 e. The number of amides is 2. The molecule has 7 nitrogen and oxygen atoms in total. The lowest BCUT2D eigenvalue weighted by atomic mass is 9.97. The van der Waals surface area contributed by atoms with Gasteiger partial charge < -0.3 is 10.6 Å². The first-order valence-electron chi connectivity index (χ1n) is 14.5. The van der Waals surface area contributed by atoms with Crippen LogP contribution in [0, 0.1) is 25.1 Å². The van der Waals surface area contributed by atoms with Crippen LogP contribution in [0.2, 0.25) is 5.02 Å². The number of nitrogens with one attached hydrogen (secondary N) is 2. The maximum absolute atomic E-state index is 15.6. The van der Waals surface area contributed by atoms with Crippen molar-refractivity contribution in [2.24, 2.45) is 5.41 Å². The van der Waals surface area contributed by atoms with Crippen LogP contribution in [0.5, 0.6) is 0 Å². The first-order valence-corrected chi connectivity index (χ1v) is 14.8. The van der Waals surface area contributed by atoms with Gasteiger partial charge >= 0.3 is 0 Å². The summed E-state index contributed by atoms with van der Waals surface area (Å²) in [4.78, 5) is 43.0. The minimum atomic E-state index is -0.580. The Labute approximate surface area is 253 Å². The molecule has 2 aromatic heterocycles. The van der Waals surface area contributed by atoms with Crippen molar-refractivity contribution in [1.82, 2.24) is 14.9 Å². The van der Waals surface area contributed by atoms with Gasteiger partial charge in [-0.15, -0.1) is 0 Å². The molecule has 2 aliphatic carbocycles. The zero-order chi connectivity index (χ0) is 30.2. The van der Waals surface area contributed by atoms with Crippen molar-refractivity contribution in [3.63, 3.8) is 0 Å². The van der Waals surface area contributed by atoms with E-state index < -0.39 is 11.2 Å². The number of carbonyl (C=O) groups is 2. The van der Waals surface area contributed by atoms with Crippen molar-refractivity contribution in [2.75, 3.05) is 5.32 Å². The number of hydrogen-bond donors (Lipinski definition) is 2. The van der Waals surface area contributed by atoms with Crippen LogP contribution in [0.1, 0.15) is 76.3 Å². The molecule has 2 N–H and O–H groups in total. The second-order valence-electron chi connectivity index (χ2n) is 12.2. The maximum atomic E-state index is 15.6. The molecule has 7 rings (SSSR count). The summed E-state index contributed by atoms with van der Waals surface area (Å²) in [6.45, 7) is 6.08. The van der Waals surface area contributed by atoms with E-state index in [2.05, 4.69) is 21.7 Å². The fraction of sp³-hybridized carbons (Fsp3) is 0.294. The van der Waals surface area contributed by atoms with Gasteiger partial charge in [0.25, 0.3) is 11.5 Å². The van der Waals surface area contributed by atoms with Crippen LogP contribution in [-0.2, 0) is 11.3 Å². The fourth-order valence-corrected chi connectivity index (χ4v) is 6.51. The van der Waals surface area contributed by atoms with E-state index in [0.717, 1.165) is 41.5 Å². The Balaban J connectivity index is 1.22. The number of aromatic nitrogens is 2. The molecule has 2 aromatic carbocycles. The first kappa shape index (κ1) is 27.5. The van der Waals surface area contributed by atoms with E-state index in [9.17, 15) is 14.4 Å². The monoisotopic (exact) mass is 596 g/mol. The fourth-order valence-electron chi connectivity index (χ4n) is 6.23. The molecule has 1 aliphatic heterocycles. The Morgan fingerprint density at radius 3 is 2.56 bits per heavy atom. The van der Waals surface area contributed by atoms with E-state index in [1.54, 1.807) is 29.0 Å². The van der Waals surface area contributed by atoms with Crippen molar-refractivity contribution in [1.29, 1.82) is 0 Å². The van der Waals surface area contributed by atoms with Crippen LogP contribution < -0.4 is 16.2 Å². The quantitative estimate of drug-likeness (QED) is 0.264. The van der Waals surface area contributed by atoms with Gasteiger partial charge in [-0.1, -0.05) is 36.7 Å². The molecule has 3 heterocycles. The number of nitrogens with zero attached hydrogens (tertiary/aromatic N) is 2. The molecule has 3 aliphatic rings. The average Bonchev–Trinajstić information content (AvgIpc) is 3.91. The average molecular weight is 597 g/mol. The molecule has 0 spiro atoms. The van der Waals surface area contributed by atoms with Gasteiger partial charge in [0.1, 0.15) is 5.02 Å². The van der Waals surface area contributed by atoms with Crippen molar-refractivity contribution < 1.29 is 14.0 Å². The summed E-state index contributed by atoms with van der Waals surface area (Å²) < 4.78 is 17.2. The first-order chi connectivity index (χ1) is 20.6. The summed E-state index contributed by atoms with van der Waals surface area (Å²) in [6.07, 6.45) is 4.02. The number of pyridine rings is 2. The summed E-state index contributed by atoms with van der Waals surface area (Å²) in [5, 5.41) is 5.78. The normalized spacial score (nSPS) is 19.5. The molecule has 2 fully saturated rings. The number of fused-ring (bicyclic) bond motifs is 1. The predicted molar refractivity (Wildman–Crippen MR) is 163 cm³/mol. The molecule has 9 heteroatoms. The number of halogens is 2. The van der Waals surface area contributed by atoms with E-state index in [1.807, 2.05) is 39.0 Å². The standard InChI is InChI=1S/C34H30ClFN4O3/c1-17-15-37-27(21-8-5-9-26(30(21)36)39-33(43)34(3)10-11-34)14-28(17)40-18(2)12-24(29(35)32(40)42)23-13-22(23)19-6-4-7-20-25(19)16-38-31(20)41/h4-9,12,14-15,22-23H,10-11,13,16H2,1-3H3,(H,38,41)(H,39,43)/t22-,23+/m1/s1. The van der Waals surface area contributed by atoms with Gasteiger partial charge in [-0.3, -0.25) is 23.9 Å². The lowest BCUT2D eigenvalue weighted by molar-refractivity contribution is -0.120. The van der Waals surface area contributed by atoms with Crippen LogP contribution in [-0.4, -0.2) is 21.4 Å². The topological polar surface area (TPSA) is 93.1 Å². The van der Waals surface area contributed by atoms with Gasteiger partial charge in [-0.05, 0) is 97.5 Å². The van der Waals surface area contributed by atoms with Crippen molar-refractivity contribution in [3.8, 4) is 16.9 Å². The highest BCUT2D eigenvalue weighted by Gasteiger charge is 2.45. The highest BCUT2D eigenvalue weighted by molar-refractivity contribution is 6.31. The smallest absolute Gasteiger partial charge is 0.274 e. The maximum Gasteiger partial charge on any atom is 0.274 e. The molecule has 218 valence electrons. The zero-order valence-corrected chi connectivity index (χ0v) is 24.8. The molecule has 43 heavy (non-hydrogen) atoms. The third-order valence-corrected chi connectivity index (χ3v) is 9.60. The Morgan fingerprint density at radius 2 is 1.79 bits per heavy atom. The molecule has 0 radical (unpaired) electrons. The van der Waals surface area contributed by atoms with Gasteiger partial charge in [-0.25, -0.2) is 4.39 Å². The van der Waals surface area contributed by atoms with E-state index in [0.29, 0.717) is 29.2 Å². The summed E-state index contributed by atoms with van der Waals surface area (Å²) in [6, 6.07) is 14.3. The van der Waals surface area contributed by atoms with E-state index >= 15 is 4.39 Å². The molecular formula is C34H30ClFN4O3. The summed E-state index contributed by atoms with van der Waals surface area (Å²) in [5.74, 6) is -0.569. The lowest BCUT2D eigenvalue weighted by Crippen LogP contribution is -2.23. The number of anilines is 1. The Hall–Kier alpha value is -4.30. The molecular weight excluding hydrogens is 567 g/mol. The van der Waals surface area contributed by atoms with Crippen LogP contribution in [0.3, 0.4) is 0 Å². The highest BCUT2D eigenvalue weighted by Crippen LogP contribution is 2.57. The number of aryl methyl sites for hydroxylation is 2. The summed E-state index contributed by atoms with van der Waals surface area (Å²) in [7, 11) is 0. The molecule has 4 aromatic rings. The Kier molecular flexibility index (Phi) is 6.32. The van der Waals surface area contributed by atoms with Crippen LogP contribution in [0.15, 0.2) is 59.5 Å². The second kappa shape index (κ2) is 9.88. The van der Waals surface area contributed by atoms with Crippen LogP contribution in [0.25, 0.3) is 16.9 Å². The van der Waals surface area contributed by atoms with Crippen molar-refractivity contribution in [2.45, 2.75) is 58.4 Å². The summed E-state index contributed by atoms with van der Waals surface area (Å²) >= 11 is 6.78. The molecule has 0 saturated heterocycles. The number of benzene rings is 2. The predicted octanol–water partition coefficient (Wildman–Crippen LogP) is 6.56. The Morgan fingerprint density at radius 1 is 1.07 bits per heavy atom. The molecule has 2 amide bonds. The van der Waals surface area contributed by atoms with Crippen LogP contribution in [0.4, 0.5) is 10.1 Å². The van der Waals surface area contributed by atoms with E-state index in [4.69, 9.17) is 11.6 Å². The lowest BCUT2D eigenvalue weighted by Gasteiger charge is -2.17. The van der Waals surface area contributed by atoms with E-state index in [1.165, 1.54) is 6.07 Å². The largest absolute Gasteiger partial charge is 0.348 e. The van der Waals surface area contributed by atoms with Gasteiger partial charge in [0.15, 0.2) is 5.82 Å². The third-order valence-electron chi connectivity index (χ3n) is 9.22. The molecule has 0 bridgehead atoms. The summed E-state index contributed by atoms with van der Waals surface area (Å²) in [5.41, 5.74) is 5.50. The van der Waals surface area contributed by atoms with Gasteiger partial charge in [0.05, 0.1) is 17.1 Å². The van der Waals surface area contributed by atoms with Crippen molar-refractivity contribution in [3.05, 3.63) is 109 Å². The highest BCUT2D eigenvalue weighted by atomic mass is 35.5. The number of hydrogen-bond acceptors (Lipinski definition) is 4. The number of carbonyl (C=O) groups excluding carboxylic acids is 2. The SMILES string of the molecule is Cc1cnc(-c2cccc(NC(=O)C3(C)CC3)c2F)cc1-n1c(C)cc([C@H]2C[C@@H]2c2cccc3c2CNC3=O)c(Cl)c1=O. The van der Waals surface area contributed by atoms with Gasteiger partial charge in [0.2, 0.25) is 5.91 Å². The Bertz CT molecular complexity index is 1930. The third kappa shape index (κ3) is 4.56. The van der Waals surface area contributed by atoms with E-state index in [-0.39, 0.29) is 45.5 Å². The molecule has 2 saturated carbocycles. The molecule has 0 unspecified atom stereocenters. The van der Waals surface area contributed by atoms with Crippen LogP contribution >= 0.6 is 11.6 Å². The second-order valence-corrected chi connectivity index (χ2v) is 12.6.